The third-order valence-electron chi connectivity index (χ3n) is 2.88. The van der Waals surface area contributed by atoms with Crippen molar-refractivity contribution in [2.75, 3.05) is 0 Å². The summed E-state index contributed by atoms with van der Waals surface area (Å²) in [5.41, 5.74) is 3.72. The number of phenols is 1. The fraction of sp³-hybridized carbons (Fsp3) is 0.0769. The second-order valence-electron chi connectivity index (χ2n) is 3.76. The van der Waals surface area contributed by atoms with Crippen molar-refractivity contribution in [3.05, 3.63) is 53.6 Å². The van der Waals surface area contributed by atoms with Crippen LogP contribution in [0.3, 0.4) is 0 Å². The summed E-state index contributed by atoms with van der Waals surface area (Å²) in [4.78, 5) is 0. The van der Waals surface area contributed by atoms with Gasteiger partial charge in [-0.15, -0.1) is 0 Å². The quantitative estimate of drug-likeness (QED) is 0.682. The summed E-state index contributed by atoms with van der Waals surface area (Å²) >= 11 is 0. The van der Waals surface area contributed by atoms with Crippen molar-refractivity contribution in [1.82, 2.24) is 0 Å². The zero-order valence-electron chi connectivity index (χ0n) is 8.01. The molecule has 2 N–H and O–H groups in total. The molecule has 0 radical (unpaired) electrons. The maximum Gasteiger partial charge on any atom is 0.116 e. The Kier molecular flexibility index (Phi) is 1.61. The number of aromatic hydroxyl groups is 1. The molecule has 1 unspecified atom stereocenters. The molecule has 74 valence electrons. The first-order chi connectivity index (χ1) is 7.27. The minimum Gasteiger partial charge on any atom is -0.508 e. The van der Waals surface area contributed by atoms with Gasteiger partial charge in [0.25, 0.3) is 0 Å². The van der Waals surface area contributed by atoms with E-state index in [1.165, 1.54) is 0 Å². The van der Waals surface area contributed by atoms with Gasteiger partial charge >= 0.3 is 0 Å². The van der Waals surface area contributed by atoms with Crippen LogP contribution in [0.4, 0.5) is 0 Å². The van der Waals surface area contributed by atoms with Crippen LogP contribution in [0.15, 0.2) is 42.5 Å². The highest BCUT2D eigenvalue weighted by atomic mass is 16.3. The molecule has 0 saturated carbocycles. The number of hydrogen-bond acceptors (Lipinski definition) is 2. The average Bonchev–Trinajstić information content (AvgIpc) is 2.54. The Bertz CT molecular complexity index is 532. The van der Waals surface area contributed by atoms with E-state index in [-0.39, 0.29) is 5.75 Å². The van der Waals surface area contributed by atoms with Crippen molar-refractivity contribution in [2.45, 2.75) is 6.10 Å². The molecule has 0 bridgehead atoms. The van der Waals surface area contributed by atoms with Crippen molar-refractivity contribution in [1.29, 1.82) is 0 Å². The molecule has 0 fully saturated rings. The van der Waals surface area contributed by atoms with Crippen LogP contribution in [-0.4, -0.2) is 10.2 Å². The first-order valence-electron chi connectivity index (χ1n) is 4.87. The molecule has 0 amide bonds. The normalized spacial score (nSPS) is 17.3. The lowest BCUT2D eigenvalue weighted by Gasteiger charge is -2.04. The zero-order chi connectivity index (χ0) is 10.4. The molecule has 2 heteroatoms. The van der Waals surface area contributed by atoms with E-state index < -0.39 is 6.10 Å². The van der Waals surface area contributed by atoms with Gasteiger partial charge in [0.1, 0.15) is 11.9 Å². The fourth-order valence-electron chi connectivity index (χ4n) is 2.16. The Labute approximate surface area is 87.4 Å². The van der Waals surface area contributed by atoms with Gasteiger partial charge in [0, 0.05) is 0 Å². The summed E-state index contributed by atoms with van der Waals surface area (Å²) in [5, 5.41) is 19.5. The van der Waals surface area contributed by atoms with E-state index in [2.05, 4.69) is 0 Å². The van der Waals surface area contributed by atoms with Crippen LogP contribution in [0.25, 0.3) is 11.1 Å². The maximum atomic E-state index is 10.0. The highest BCUT2D eigenvalue weighted by Gasteiger charge is 2.26. The number of rotatable bonds is 0. The van der Waals surface area contributed by atoms with Gasteiger partial charge in [0.2, 0.25) is 0 Å². The van der Waals surface area contributed by atoms with Gasteiger partial charge in [-0.25, -0.2) is 0 Å². The molecule has 0 aliphatic heterocycles. The Morgan fingerprint density at radius 3 is 2.47 bits per heavy atom. The molecule has 15 heavy (non-hydrogen) atoms. The van der Waals surface area contributed by atoms with E-state index in [0.717, 1.165) is 22.3 Å². The molecular formula is C13H10O2. The van der Waals surface area contributed by atoms with Gasteiger partial charge in [-0.05, 0) is 34.4 Å². The van der Waals surface area contributed by atoms with E-state index in [9.17, 15) is 10.2 Å². The molecule has 0 heterocycles. The van der Waals surface area contributed by atoms with Crippen LogP contribution < -0.4 is 0 Å². The van der Waals surface area contributed by atoms with Gasteiger partial charge in [-0.3, -0.25) is 0 Å². The van der Waals surface area contributed by atoms with E-state index in [1.807, 2.05) is 24.3 Å². The van der Waals surface area contributed by atoms with Crippen molar-refractivity contribution >= 4 is 0 Å². The standard InChI is InChI=1S/C13H10O2/c14-8-5-6-11-12(7-8)9-3-1-2-4-10(9)13(11)15/h1-7,13-15H. The molecular weight excluding hydrogens is 188 g/mol. The number of hydrogen-bond donors (Lipinski definition) is 2. The summed E-state index contributed by atoms with van der Waals surface area (Å²) in [6.45, 7) is 0. The van der Waals surface area contributed by atoms with Crippen LogP contribution in [0.1, 0.15) is 17.2 Å². The summed E-state index contributed by atoms with van der Waals surface area (Å²) in [7, 11) is 0. The molecule has 1 atom stereocenters. The number of phenolic OH excluding ortho intramolecular Hbond substituents is 1. The number of fused-ring (bicyclic) bond motifs is 3. The lowest BCUT2D eigenvalue weighted by atomic mass is 10.1. The van der Waals surface area contributed by atoms with Crippen LogP contribution >= 0.6 is 0 Å². The molecule has 3 rings (SSSR count). The predicted octanol–water partition coefficient (Wildman–Crippen LogP) is 2.45. The van der Waals surface area contributed by atoms with Crippen LogP contribution in [0.2, 0.25) is 0 Å². The molecule has 2 aromatic rings. The number of benzene rings is 2. The summed E-state index contributed by atoms with van der Waals surface area (Å²) in [6.07, 6.45) is -0.559. The van der Waals surface area contributed by atoms with Gasteiger partial charge in [-0.2, -0.15) is 0 Å². The lowest BCUT2D eigenvalue weighted by Crippen LogP contribution is -1.92. The summed E-state index contributed by atoms with van der Waals surface area (Å²) < 4.78 is 0. The predicted molar refractivity (Wildman–Crippen MR) is 57.6 cm³/mol. The molecule has 0 spiro atoms. The molecule has 0 saturated heterocycles. The highest BCUT2D eigenvalue weighted by molar-refractivity contribution is 5.78. The molecule has 1 aliphatic carbocycles. The van der Waals surface area contributed by atoms with Crippen LogP contribution in [0, 0.1) is 0 Å². The molecule has 0 aromatic heterocycles. The van der Waals surface area contributed by atoms with Crippen molar-refractivity contribution in [3.8, 4) is 16.9 Å². The molecule has 2 nitrogen and oxygen atoms in total. The van der Waals surface area contributed by atoms with Gasteiger partial charge in [-0.1, -0.05) is 30.3 Å². The highest BCUT2D eigenvalue weighted by Crippen LogP contribution is 2.44. The topological polar surface area (TPSA) is 40.5 Å². The van der Waals surface area contributed by atoms with E-state index in [1.54, 1.807) is 18.2 Å². The van der Waals surface area contributed by atoms with Crippen LogP contribution in [-0.2, 0) is 0 Å². The Morgan fingerprint density at radius 1 is 0.867 bits per heavy atom. The van der Waals surface area contributed by atoms with Crippen LogP contribution in [0.5, 0.6) is 5.75 Å². The summed E-state index contributed by atoms with van der Waals surface area (Å²) in [6, 6.07) is 12.8. The summed E-state index contributed by atoms with van der Waals surface area (Å²) in [5.74, 6) is 0.234. The smallest absolute Gasteiger partial charge is 0.116 e. The minimum absolute atomic E-state index is 0.234. The van der Waals surface area contributed by atoms with Crippen molar-refractivity contribution in [2.24, 2.45) is 0 Å². The maximum absolute atomic E-state index is 10.0. The Morgan fingerprint density at radius 2 is 1.60 bits per heavy atom. The SMILES string of the molecule is Oc1ccc2c(c1)-c1ccccc1C2O. The lowest BCUT2D eigenvalue weighted by molar-refractivity contribution is 0.225. The van der Waals surface area contributed by atoms with Crippen molar-refractivity contribution < 1.29 is 10.2 Å². The largest absolute Gasteiger partial charge is 0.508 e. The Hall–Kier alpha value is -1.80. The van der Waals surface area contributed by atoms with E-state index >= 15 is 0 Å². The minimum atomic E-state index is -0.559. The number of aliphatic hydroxyl groups is 1. The van der Waals surface area contributed by atoms with Gasteiger partial charge < -0.3 is 10.2 Å². The van der Waals surface area contributed by atoms with Gasteiger partial charge in [0.15, 0.2) is 0 Å². The van der Waals surface area contributed by atoms with E-state index in [0.29, 0.717) is 0 Å². The second kappa shape index (κ2) is 2.84. The Balaban J connectivity index is 2.34. The number of aliphatic hydroxyl groups excluding tert-OH is 1. The average molecular weight is 198 g/mol. The third kappa shape index (κ3) is 1.09. The van der Waals surface area contributed by atoms with E-state index in [4.69, 9.17) is 0 Å². The second-order valence-corrected chi connectivity index (χ2v) is 3.76. The first kappa shape index (κ1) is 8.50. The zero-order valence-corrected chi connectivity index (χ0v) is 8.01. The van der Waals surface area contributed by atoms with Gasteiger partial charge in [0.05, 0.1) is 0 Å². The third-order valence-corrected chi connectivity index (χ3v) is 2.88. The monoisotopic (exact) mass is 198 g/mol. The fourth-order valence-corrected chi connectivity index (χ4v) is 2.16. The van der Waals surface area contributed by atoms with Crippen molar-refractivity contribution in [3.63, 3.8) is 0 Å². The molecule has 1 aliphatic rings. The first-order valence-corrected chi connectivity index (χ1v) is 4.87. The molecule has 2 aromatic carbocycles.